The molecule has 2 aromatic carbocycles. The van der Waals surface area contributed by atoms with Gasteiger partial charge in [0.25, 0.3) is 5.91 Å². The fourth-order valence-corrected chi connectivity index (χ4v) is 4.77. The highest BCUT2D eigenvalue weighted by Gasteiger charge is 2.42. The fraction of sp³-hybridized carbons (Fsp3) is 0.458. The molecule has 2 atom stereocenters. The van der Waals surface area contributed by atoms with Gasteiger partial charge < -0.3 is 14.8 Å². The number of amides is 1. The van der Waals surface area contributed by atoms with Gasteiger partial charge in [-0.3, -0.25) is 9.69 Å². The molecule has 1 N–H and O–H groups in total. The van der Waals surface area contributed by atoms with Gasteiger partial charge in [0.15, 0.2) is 11.5 Å². The topological polar surface area (TPSA) is 50.8 Å². The van der Waals surface area contributed by atoms with Crippen molar-refractivity contribution < 1.29 is 14.3 Å². The van der Waals surface area contributed by atoms with Crippen molar-refractivity contribution in [2.75, 3.05) is 27.3 Å². The number of likely N-dealkylation sites (tertiary alicyclic amines) is 1. The number of benzene rings is 2. The van der Waals surface area contributed by atoms with E-state index in [4.69, 9.17) is 9.47 Å². The number of ether oxygens (including phenoxy) is 2. The third kappa shape index (κ3) is 3.97. The van der Waals surface area contributed by atoms with Crippen LogP contribution >= 0.6 is 0 Å². The molecule has 5 heteroatoms. The highest BCUT2D eigenvalue weighted by molar-refractivity contribution is 5.96. The van der Waals surface area contributed by atoms with Crippen molar-refractivity contribution in [2.24, 2.45) is 0 Å². The molecule has 1 spiro atoms. The first kappa shape index (κ1) is 19.8. The maximum Gasteiger partial charge on any atom is 0.252 e. The lowest BCUT2D eigenvalue weighted by atomic mass is 9.91. The van der Waals surface area contributed by atoms with Gasteiger partial charge in [-0.15, -0.1) is 0 Å². The minimum absolute atomic E-state index is 0.0764. The van der Waals surface area contributed by atoms with E-state index in [1.54, 1.807) is 14.2 Å². The lowest BCUT2D eigenvalue weighted by Gasteiger charge is -2.31. The molecule has 5 nitrogen and oxygen atoms in total. The van der Waals surface area contributed by atoms with Crippen LogP contribution in [0.3, 0.4) is 0 Å². The van der Waals surface area contributed by atoms with Crippen LogP contribution < -0.4 is 14.8 Å². The van der Waals surface area contributed by atoms with Crippen LogP contribution in [0.4, 0.5) is 0 Å². The third-order valence-electron chi connectivity index (χ3n) is 6.50. The minimum Gasteiger partial charge on any atom is -0.493 e. The van der Waals surface area contributed by atoms with Crippen LogP contribution in [0.1, 0.15) is 41.3 Å². The first-order valence-electron chi connectivity index (χ1n) is 10.4. The number of carbonyl (C=O) groups excluding carboxylic acids is 1. The van der Waals surface area contributed by atoms with Crippen molar-refractivity contribution in [3.05, 3.63) is 59.2 Å². The molecule has 1 amide bonds. The first-order chi connectivity index (χ1) is 14.0. The van der Waals surface area contributed by atoms with Gasteiger partial charge in [0, 0.05) is 24.7 Å². The van der Waals surface area contributed by atoms with E-state index in [1.807, 2.05) is 24.3 Å². The largest absolute Gasteiger partial charge is 0.493 e. The SMILES string of the molecule is COc1ccc(CC(C)N2CCC3(CCc4ccccc4C(=O)N3)C2)cc1OC. The summed E-state index contributed by atoms with van der Waals surface area (Å²) in [5.41, 5.74) is 3.11. The van der Waals surface area contributed by atoms with E-state index in [0.29, 0.717) is 6.04 Å². The molecule has 1 saturated heterocycles. The van der Waals surface area contributed by atoms with Gasteiger partial charge in [0.2, 0.25) is 0 Å². The fourth-order valence-electron chi connectivity index (χ4n) is 4.77. The van der Waals surface area contributed by atoms with Crippen LogP contribution in [0, 0.1) is 0 Å². The van der Waals surface area contributed by atoms with Gasteiger partial charge in [-0.1, -0.05) is 24.3 Å². The Morgan fingerprint density at radius 2 is 1.90 bits per heavy atom. The number of carbonyl (C=O) groups is 1. The third-order valence-corrected chi connectivity index (χ3v) is 6.50. The van der Waals surface area contributed by atoms with Crippen molar-refractivity contribution in [3.63, 3.8) is 0 Å². The average Bonchev–Trinajstić information content (AvgIpc) is 3.10. The summed E-state index contributed by atoms with van der Waals surface area (Å²) in [6.07, 6.45) is 3.88. The van der Waals surface area contributed by atoms with Crippen molar-refractivity contribution in [3.8, 4) is 11.5 Å². The highest BCUT2D eigenvalue weighted by atomic mass is 16.5. The van der Waals surface area contributed by atoms with E-state index >= 15 is 0 Å². The Hall–Kier alpha value is -2.53. The monoisotopic (exact) mass is 394 g/mol. The Labute approximate surface area is 173 Å². The van der Waals surface area contributed by atoms with Gasteiger partial charge in [-0.2, -0.15) is 0 Å². The summed E-state index contributed by atoms with van der Waals surface area (Å²) in [6.45, 7) is 4.18. The Morgan fingerprint density at radius 1 is 1.10 bits per heavy atom. The zero-order valence-electron chi connectivity index (χ0n) is 17.5. The van der Waals surface area contributed by atoms with E-state index < -0.39 is 0 Å². The summed E-state index contributed by atoms with van der Waals surface area (Å²) in [7, 11) is 3.32. The molecule has 0 saturated carbocycles. The molecule has 2 aromatic rings. The Kier molecular flexibility index (Phi) is 5.50. The number of methoxy groups -OCH3 is 2. The Morgan fingerprint density at radius 3 is 2.69 bits per heavy atom. The van der Waals surface area contributed by atoms with Crippen LogP contribution in [0.25, 0.3) is 0 Å². The van der Waals surface area contributed by atoms with E-state index in [0.717, 1.165) is 55.8 Å². The molecule has 0 bridgehead atoms. The van der Waals surface area contributed by atoms with E-state index in [-0.39, 0.29) is 11.4 Å². The number of hydrogen-bond donors (Lipinski definition) is 1. The van der Waals surface area contributed by atoms with Crippen molar-refractivity contribution in [2.45, 2.75) is 44.2 Å². The molecule has 29 heavy (non-hydrogen) atoms. The standard InChI is InChI=1S/C24H30N2O3/c1-17(14-18-8-9-21(28-2)22(15-18)29-3)26-13-12-24(16-26)11-10-19-6-4-5-7-20(19)23(27)25-24/h4-9,15,17H,10-14,16H2,1-3H3,(H,25,27). The number of hydrogen-bond acceptors (Lipinski definition) is 4. The van der Waals surface area contributed by atoms with Crippen LogP contribution in [0.5, 0.6) is 11.5 Å². The van der Waals surface area contributed by atoms with Gasteiger partial charge in [-0.25, -0.2) is 0 Å². The second-order valence-corrected chi connectivity index (χ2v) is 8.35. The summed E-state index contributed by atoms with van der Waals surface area (Å²) in [6, 6.07) is 14.5. The molecule has 1 fully saturated rings. The molecule has 154 valence electrons. The van der Waals surface area contributed by atoms with Crippen LogP contribution in [-0.4, -0.2) is 49.7 Å². The van der Waals surface area contributed by atoms with Gasteiger partial charge in [-0.05, 0) is 61.9 Å². The van der Waals surface area contributed by atoms with E-state index in [2.05, 4.69) is 35.3 Å². The molecule has 2 unspecified atom stereocenters. The van der Waals surface area contributed by atoms with Crippen molar-refractivity contribution in [1.29, 1.82) is 0 Å². The summed E-state index contributed by atoms with van der Waals surface area (Å²) >= 11 is 0. The predicted molar refractivity (Wildman–Crippen MR) is 114 cm³/mol. The molecule has 0 aliphatic carbocycles. The summed E-state index contributed by atoms with van der Waals surface area (Å²) < 4.78 is 10.8. The summed E-state index contributed by atoms with van der Waals surface area (Å²) in [4.78, 5) is 15.3. The molecule has 2 aliphatic rings. The van der Waals surface area contributed by atoms with E-state index in [9.17, 15) is 4.79 Å². The maximum absolute atomic E-state index is 12.8. The normalized spacial score (nSPS) is 22.7. The lowest BCUT2D eigenvalue weighted by Crippen LogP contribution is -2.50. The molecule has 2 heterocycles. The average molecular weight is 395 g/mol. The molecule has 0 aromatic heterocycles. The predicted octanol–water partition coefficient (Wildman–Crippen LogP) is 3.46. The van der Waals surface area contributed by atoms with Crippen LogP contribution in [0.2, 0.25) is 0 Å². The zero-order chi connectivity index (χ0) is 20.4. The highest BCUT2D eigenvalue weighted by Crippen LogP contribution is 2.33. The molecule has 2 aliphatic heterocycles. The van der Waals surface area contributed by atoms with Crippen LogP contribution in [0.15, 0.2) is 42.5 Å². The minimum atomic E-state index is -0.123. The molecule has 0 radical (unpaired) electrons. The molecular weight excluding hydrogens is 364 g/mol. The maximum atomic E-state index is 12.8. The van der Waals surface area contributed by atoms with Gasteiger partial charge in [0.05, 0.1) is 19.8 Å². The number of fused-ring (bicyclic) bond motifs is 1. The van der Waals surface area contributed by atoms with Gasteiger partial charge in [0.1, 0.15) is 0 Å². The second kappa shape index (κ2) is 8.07. The van der Waals surface area contributed by atoms with Gasteiger partial charge >= 0.3 is 0 Å². The Bertz CT molecular complexity index is 897. The first-order valence-corrected chi connectivity index (χ1v) is 10.4. The second-order valence-electron chi connectivity index (χ2n) is 8.35. The quantitative estimate of drug-likeness (QED) is 0.844. The summed E-state index contributed by atoms with van der Waals surface area (Å²) in [5, 5.41) is 3.38. The lowest BCUT2D eigenvalue weighted by molar-refractivity contribution is 0.0899. The molecular formula is C24H30N2O3. The number of rotatable bonds is 5. The number of aryl methyl sites for hydroxylation is 1. The summed E-state index contributed by atoms with van der Waals surface area (Å²) in [5.74, 6) is 1.60. The smallest absolute Gasteiger partial charge is 0.252 e. The molecule has 4 rings (SSSR count). The number of nitrogens with one attached hydrogen (secondary N) is 1. The number of nitrogens with zero attached hydrogens (tertiary/aromatic N) is 1. The van der Waals surface area contributed by atoms with Crippen molar-refractivity contribution >= 4 is 5.91 Å². The van der Waals surface area contributed by atoms with E-state index in [1.165, 1.54) is 11.1 Å². The zero-order valence-corrected chi connectivity index (χ0v) is 17.5. The van der Waals surface area contributed by atoms with Crippen LogP contribution in [-0.2, 0) is 12.8 Å². The Balaban J connectivity index is 1.44. The van der Waals surface area contributed by atoms with Crippen molar-refractivity contribution in [1.82, 2.24) is 10.2 Å².